The van der Waals surface area contributed by atoms with E-state index in [2.05, 4.69) is 21.2 Å². The van der Waals surface area contributed by atoms with E-state index in [9.17, 15) is 4.79 Å². The van der Waals surface area contributed by atoms with Gasteiger partial charge in [0.25, 0.3) is 0 Å². The number of nitrogens with one attached hydrogen (secondary N) is 1. The van der Waals surface area contributed by atoms with Crippen LogP contribution in [0.4, 0.5) is 0 Å². The minimum absolute atomic E-state index is 0.322. The number of hydrogen-bond donors (Lipinski definition) is 1. The van der Waals surface area contributed by atoms with Crippen LogP contribution in [0.3, 0.4) is 0 Å². The zero-order valence-electron chi connectivity index (χ0n) is 14.9. The summed E-state index contributed by atoms with van der Waals surface area (Å²) in [4.78, 5) is 19.8. The molecule has 0 unspecified atom stereocenters. The molecule has 0 radical (unpaired) electrons. The molecule has 2 atom stereocenters. The van der Waals surface area contributed by atoms with Crippen LogP contribution in [0.1, 0.15) is 81.3 Å². The Morgan fingerprint density at radius 3 is 2.80 bits per heavy atom. The predicted molar refractivity (Wildman–Crippen MR) is 95.1 cm³/mol. The second kappa shape index (κ2) is 6.26. The number of allylic oxidation sites excluding steroid dienone is 1. The molecule has 3 fully saturated rings. The van der Waals surface area contributed by atoms with E-state index in [1.165, 1.54) is 44.1 Å². The van der Waals surface area contributed by atoms with E-state index >= 15 is 0 Å². The fourth-order valence-electron chi connectivity index (χ4n) is 4.67. The van der Waals surface area contributed by atoms with Crippen molar-refractivity contribution in [2.24, 2.45) is 11.8 Å². The number of aromatic nitrogens is 3. The quantitative estimate of drug-likeness (QED) is 0.834. The Morgan fingerprint density at radius 1 is 1.20 bits per heavy atom. The molecule has 4 aliphatic rings. The molecule has 25 heavy (non-hydrogen) atoms. The SMILES string of the molecule is O=C(CC1=CCCCC1)N1C[C@H](c2nc(C3CC3)n[nH]2)[C@@H](C2CC2)C1. The molecule has 0 bridgehead atoms. The predicted octanol–water partition coefficient (Wildman–Crippen LogP) is 3.52. The minimum Gasteiger partial charge on any atom is -0.341 e. The number of rotatable bonds is 5. The number of hydrogen-bond acceptors (Lipinski definition) is 3. The van der Waals surface area contributed by atoms with E-state index in [1.807, 2.05) is 0 Å². The lowest BCUT2D eigenvalue weighted by Gasteiger charge is -2.19. The summed E-state index contributed by atoms with van der Waals surface area (Å²) in [5.41, 5.74) is 1.36. The molecule has 1 aliphatic heterocycles. The van der Waals surface area contributed by atoms with Gasteiger partial charge in [-0.15, -0.1) is 0 Å². The largest absolute Gasteiger partial charge is 0.341 e. The molecule has 1 aromatic rings. The standard InChI is InChI=1S/C20H28N4O/c25-18(10-13-4-2-1-3-5-13)24-11-16(14-6-7-14)17(12-24)20-21-19(22-23-20)15-8-9-15/h4,14-17H,1-3,5-12H2,(H,21,22,23)/t16-,17+/m1/s1. The van der Waals surface area contributed by atoms with Crippen LogP contribution in [0, 0.1) is 11.8 Å². The van der Waals surface area contributed by atoms with E-state index in [4.69, 9.17) is 4.98 Å². The Hall–Kier alpha value is -1.65. The number of carbonyl (C=O) groups excluding carboxylic acids is 1. The van der Waals surface area contributed by atoms with E-state index in [-0.39, 0.29) is 0 Å². The third kappa shape index (κ3) is 3.25. The van der Waals surface area contributed by atoms with E-state index in [0.29, 0.717) is 30.1 Å². The van der Waals surface area contributed by atoms with E-state index in [1.54, 1.807) is 0 Å². The van der Waals surface area contributed by atoms with Crippen molar-refractivity contribution in [3.8, 4) is 0 Å². The van der Waals surface area contributed by atoms with Crippen LogP contribution in [-0.4, -0.2) is 39.1 Å². The summed E-state index contributed by atoms with van der Waals surface area (Å²) in [6.45, 7) is 1.74. The highest BCUT2D eigenvalue weighted by molar-refractivity contribution is 5.79. The molecule has 5 rings (SSSR count). The molecule has 3 aliphatic carbocycles. The van der Waals surface area contributed by atoms with Crippen molar-refractivity contribution >= 4 is 5.91 Å². The molecule has 1 amide bonds. The van der Waals surface area contributed by atoms with Gasteiger partial charge in [0.15, 0.2) is 5.82 Å². The molecule has 5 nitrogen and oxygen atoms in total. The average Bonchev–Trinajstić information content (AvgIpc) is 3.56. The van der Waals surface area contributed by atoms with Crippen molar-refractivity contribution in [1.82, 2.24) is 20.1 Å². The van der Waals surface area contributed by atoms with E-state index in [0.717, 1.165) is 43.5 Å². The van der Waals surface area contributed by atoms with Crippen LogP contribution < -0.4 is 0 Å². The van der Waals surface area contributed by atoms with Gasteiger partial charge in [0.1, 0.15) is 5.82 Å². The Morgan fingerprint density at radius 2 is 2.08 bits per heavy atom. The molecule has 0 spiro atoms. The molecular formula is C20H28N4O. The van der Waals surface area contributed by atoms with Crippen LogP contribution in [-0.2, 0) is 4.79 Å². The minimum atomic E-state index is 0.322. The first kappa shape index (κ1) is 15.6. The van der Waals surface area contributed by atoms with Gasteiger partial charge in [-0.2, -0.15) is 5.10 Å². The highest BCUT2D eigenvalue weighted by Gasteiger charge is 2.45. The molecule has 2 heterocycles. The van der Waals surface area contributed by atoms with Crippen LogP contribution in [0.5, 0.6) is 0 Å². The van der Waals surface area contributed by atoms with Crippen LogP contribution >= 0.6 is 0 Å². The molecule has 2 saturated carbocycles. The summed E-state index contributed by atoms with van der Waals surface area (Å²) in [6.07, 6.45) is 12.8. The van der Waals surface area contributed by atoms with Crippen molar-refractivity contribution in [2.75, 3.05) is 13.1 Å². The number of carbonyl (C=O) groups is 1. The molecule has 1 saturated heterocycles. The van der Waals surface area contributed by atoms with Crippen molar-refractivity contribution < 1.29 is 4.79 Å². The van der Waals surface area contributed by atoms with Gasteiger partial charge >= 0.3 is 0 Å². The molecule has 5 heteroatoms. The summed E-state index contributed by atoms with van der Waals surface area (Å²) in [5, 5.41) is 7.66. The lowest BCUT2D eigenvalue weighted by Crippen LogP contribution is -2.29. The summed E-state index contributed by atoms with van der Waals surface area (Å²) in [7, 11) is 0. The topological polar surface area (TPSA) is 61.9 Å². The highest BCUT2D eigenvalue weighted by atomic mass is 16.2. The van der Waals surface area contributed by atoms with Gasteiger partial charge in [0, 0.05) is 31.3 Å². The van der Waals surface area contributed by atoms with Gasteiger partial charge in [-0.1, -0.05) is 11.6 Å². The number of aromatic amines is 1. The fourth-order valence-corrected chi connectivity index (χ4v) is 4.67. The molecular weight excluding hydrogens is 312 g/mol. The first-order valence-corrected chi connectivity index (χ1v) is 10.2. The summed E-state index contributed by atoms with van der Waals surface area (Å²) in [5.74, 6) is 4.66. The average molecular weight is 340 g/mol. The van der Waals surface area contributed by atoms with Gasteiger partial charge in [-0.05, 0) is 63.2 Å². The van der Waals surface area contributed by atoms with Gasteiger partial charge < -0.3 is 4.90 Å². The zero-order valence-corrected chi connectivity index (χ0v) is 14.9. The first-order valence-electron chi connectivity index (χ1n) is 10.2. The van der Waals surface area contributed by atoms with Crippen LogP contribution in [0.25, 0.3) is 0 Å². The maximum atomic E-state index is 12.8. The van der Waals surface area contributed by atoms with Crippen molar-refractivity contribution in [1.29, 1.82) is 0 Å². The van der Waals surface area contributed by atoms with Crippen LogP contribution in [0.2, 0.25) is 0 Å². The van der Waals surface area contributed by atoms with Gasteiger partial charge in [-0.3, -0.25) is 9.89 Å². The van der Waals surface area contributed by atoms with Gasteiger partial charge in [0.2, 0.25) is 5.91 Å². The van der Waals surface area contributed by atoms with Crippen LogP contribution in [0.15, 0.2) is 11.6 Å². The second-order valence-electron chi connectivity index (χ2n) is 8.54. The highest BCUT2D eigenvalue weighted by Crippen LogP contribution is 2.47. The molecule has 134 valence electrons. The number of nitrogens with zero attached hydrogens (tertiary/aromatic N) is 3. The van der Waals surface area contributed by atoms with E-state index < -0.39 is 0 Å². The van der Waals surface area contributed by atoms with Crippen molar-refractivity contribution in [3.63, 3.8) is 0 Å². The maximum absolute atomic E-state index is 12.8. The Labute approximate surface area is 149 Å². The summed E-state index contributed by atoms with van der Waals surface area (Å²) < 4.78 is 0. The third-order valence-electron chi connectivity index (χ3n) is 6.52. The van der Waals surface area contributed by atoms with Gasteiger partial charge in [0.05, 0.1) is 0 Å². The fraction of sp³-hybridized carbons (Fsp3) is 0.750. The van der Waals surface area contributed by atoms with Crippen molar-refractivity contribution in [2.45, 2.75) is 69.6 Å². The second-order valence-corrected chi connectivity index (χ2v) is 8.54. The Balaban J connectivity index is 1.29. The smallest absolute Gasteiger partial charge is 0.226 e. The maximum Gasteiger partial charge on any atom is 0.226 e. The monoisotopic (exact) mass is 340 g/mol. The van der Waals surface area contributed by atoms with Crippen molar-refractivity contribution in [3.05, 3.63) is 23.3 Å². The first-order chi connectivity index (χ1) is 12.3. The lowest BCUT2D eigenvalue weighted by molar-refractivity contribution is -0.129. The summed E-state index contributed by atoms with van der Waals surface area (Å²) >= 11 is 0. The third-order valence-corrected chi connectivity index (χ3v) is 6.52. The summed E-state index contributed by atoms with van der Waals surface area (Å²) in [6, 6.07) is 0. The number of likely N-dealkylation sites (tertiary alicyclic amines) is 1. The molecule has 1 aromatic heterocycles. The van der Waals surface area contributed by atoms with Gasteiger partial charge in [-0.25, -0.2) is 4.98 Å². The molecule has 0 aromatic carbocycles. The lowest BCUT2D eigenvalue weighted by atomic mass is 9.91. The molecule has 1 N–H and O–H groups in total. The Kier molecular flexibility index (Phi) is 3.90. The normalized spacial score (nSPS) is 29.8. The number of amides is 1. The Bertz CT molecular complexity index is 686. The number of H-pyrrole nitrogens is 1. The zero-order chi connectivity index (χ0) is 16.8.